The molecule has 1 nitrogen and oxygen atoms in total. The van der Waals surface area contributed by atoms with Gasteiger partial charge in [-0.1, -0.05) is 47.5 Å². The topological polar surface area (TPSA) is 20.2 Å². The van der Waals surface area contributed by atoms with Gasteiger partial charge in [0.2, 0.25) is 0 Å². The zero-order valence-corrected chi connectivity index (χ0v) is 14.9. The lowest BCUT2D eigenvalue weighted by molar-refractivity contribution is 0.478. The van der Waals surface area contributed by atoms with Crippen molar-refractivity contribution in [1.82, 2.24) is 0 Å². The Kier molecular flexibility index (Phi) is 3.80. The molecule has 0 unspecified atom stereocenters. The minimum absolute atomic E-state index is 0.274. The quantitative estimate of drug-likeness (QED) is 0.499. The zero-order chi connectivity index (χ0) is 15.1. The van der Waals surface area contributed by atoms with E-state index in [2.05, 4.69) is 75.2 Å². The highest BCUT2D eigenvalue weighted by Gasteiger charge is 2.17. The number of hydrogen-bond acceptors (Lipinski definition) is 1. The first-order valence-electron chi connectivity index (χ1n) is 6.66. The Bertz CT molecular complexity index is 836. The highest BCUT2D eigenvalue weighted by molar-refractivity contribution is 9.13. The van der Waals surface area contributed by atoms with E-state index in [9.17, 15) is 5.11 Å². The Morgan fingerprint density at radius 2 is 1.38 bits per heavy atom. The molecule has 1 N–H and O–H groups in total. The van der Waals surface area contributed by atoms with Crippen LogP contribution in [-0.2, 0) is 0 Å². The van der Waals surface area contributed by atoms with E-state index >= 15 is 0 Å². The molecule has 3 heteroatoms. The number of phenolic OH excluding ortho intramolecular Hbond substituents is 1. The van der Waals surface area contributed by atoms with Crippen LogP contribution < -0.4 is 0 Å². The molecule has 0 spiro atoms. The highest BCUT2D eigenvalue weighted by Crippen LogP contribution is 2.46. The van der Waals surface area contributed by atoms with Crippen molar-refractivity contribution in [2.75, 3.05) is 0 Å². The first kappa shape index (κ1) is 14.6. The Morgan fingerprint density at radius 3 is 2.05 bits per heavy atom. The molecule has 0 atom stereocenters. The molecule has 0 bridgehead atoms. The van der Waals surface area contributed by atoms with Crippen LogP contribution >= 0.6 is 31.9 Å². The van der Waals surface area contributed by atoms with Crippen LogP contribution in [0.15, 0.2) is 51.4 Å². The molecule has 3 rings (SSSR count). The van der Waals surface area contributed by atoms with Crippen LogP contribution in [0, 0.1) is 13.8 Å². The number of rotatable bonds is 1. The number of aryl methyl sites for hydroxylation is 2. The summed E-state index contributed by atoms with van der Waals surface area (Å²) in [5.74, 6) is 0.274. The van der Waals surface area contributed by atoms with E-state index in [-0.39, 0.29) is 5.75 Å². The fraction of sp³-hybridized carbons (Fsp3) is 0.111. The summed E-state index contributed by atoms with van der Waals surface area (Å²) in [7, 11) is 0. The van der Waals surface area contributed by atoms with Gasteiger partial charge in [0.15, 0.2) is 0 Å². The van der Waals surface area contributed by atoms with Gasteiger partial charge in [-0.2, -0.15) is 0 Å². The van der Waals surface area contributed by atoms with Gasteiger partial charge in [-0.15, -0.1) is 0 Å². The first-order chi connectivity index (χ1) is 9.99. The van der Waals surface area contributed by atoms with Crippen LogP contribution in [0.2, 0.25) is 0 Å². The fourth-order valence-corrected chi connectivity index (χ4v) is 3.57. The largest absolute Gasteiger partial charge is 0.506 e. The van der Waals surface area contributed by atoms with Crippen LogP contribution in [-0.4, -0.2) is 5.11 Å². The van der Waals surface area contributed by atoms with Crippen molar-refractivity contribution in [1.29, 1.82) is 0 Å². The predicted molar refractivity (Wildman–Crippen MR) is 95.9 cm³/mol. The van der Waals surface area contributed by atoms with E-state index in [0.29, 0.717) is 4.47 Å². The monoisotopic (exact) mass is 404 g/mol. The van der Waals surface area contributed by atoms with E-state index in [1.807, 2.05) is 13.0 Å². The maximum absolute atomic E-state index is 10.4. The summed E-state index contributed by atoms with van der Waals surface area (Å²) >= 11 is 7.11. The van der Waals surface area contributed by atoms with E-state index in [4.69, 9.17) is 0 Å². The van der Waals surface area contributed by atoms with Gasteiger partial charge < -0.3 is 5.11 Å². The lowest BCUT2D eigenvalue weighted by atomic mass is 9.96. The zero-order valence-electron chi connectivity index (χ0n) is 11.7. The molecular weight excluding hydrogens is 392 g/mol. The molecule has 0 amide bonds. The number of hydrogen-bond donors (Lipinski definition) is 1. The summed E-state index contributed by atoms with van der Waals surface area (Å²) in [6.07, 6.45) is 0. The van der Waals surface area contributed by atoms with E-state index in [0.717, 1.165) is 31.9 Å². The number of halogens is 2. The van der Waals surface area contributed by atoms with Gasteiger partial charge in [0.05, 0.1) is 4.47 Å². The molecule has 0 saturated carbocycles. The van der Waals surface area contributed by atoms with Crippen molar-refractivity contribution < 1.29 is 5.11 Å². The third-order valence-electron chi connectivity index (χ3n) is 3.66. The molecule has 0 fully saturated rings. The lowest BCUT2D eigenvalue weighted by Crippen LogP contribution is -1.88. The van der Waals surface area contributed by atoms with Gasteiger partial charge in [0, 0.05) is 15.4 Å². The molecule has 0 aliphatic rings. The predicted octanol–water partition coefficient (Wildman–Crippen LogP) is 6.35. The normalized spacial score (nSPS) is 11.0. The van der Waals surface area contributed by atoms with Gasteiger partial charge in [-0.05, 0) is 62.7 Å². The Balaban J connectivity index is 2.44. The molecule has 0 saturated heterocycles. The van der Waals surface area contributed by atoms with E-state index in [1.165, 1.54) is 5.56 Å². The minimum atomic E-state index is 0.274. The van der Waals surface area contributed by atoms with E-state index < -0.39 is 0 Å². The van der Waals surface area contributed by atoms with Crippen molar-refractivity contribution >= 4 is 42.6 Å². The van der Waals surface area contributed by atoms with Crippen molar-refractivity contribution in [2.45, 2.75) is 13.8 Å². The molecule has 0 aliphatic heterocycles. The van der Waals surface area contributed by atoms with Crippen molar-refractivity contribution in [3.8, 4) is 16.9 Å². The smallest absolute Gasteiger partial charge is 0.138 e. The molecule has 3 aromatic rings. The first-order valence-corrected chi connectivity index (χ1v) is 8.25. The van der Waals surface area contributed by atoms with Crippen LogP contribution in [0.4, 0.5) is 0 Å². The molecule has 0 radical (unpaired) electrons. The van der Waals surface area contributed by atoms with Gasteiger partial charge >= 0.3 is 0 Å². The van der Waals surface area contributed by atoms with Crippen molar-refractivity contribution in [3.63, 3.8) is 0 Å². The number of benzene rings is 3. The second-order valence-corrected chi connectivity index (χ2v) is 6.85. The fourth-order valence-electron chi connectivity index (χ4n) is 2.52. The molecule has 0 aromatic heterocycles. The average molecular weight is 406 g/mol. The molecule has 21 heavy (non-hydrogen) atoms. The van der Waals surface area contributed by atoms with Gasteiger partial charge in [-0.3, -0.25) is 0 Å². The summed E-state index contributed by atoms with van der Waals surface area (Å²) in [5, 5.41) is 12.3. The average Bonchev–Trinajstić information content (AvgIpc) is 2.48. The third kappa shape index (κ3) is 2.49. The number of phenols is 1. The molecule has 3 aromatic carbocycles. The van der Waals surface area contributed by atoms with Crippen LogP contribution in [0.3, 0.4) is 0 Å². The van der Waals surface area contributed by atoms with Gasteiger partial charge in [0.1, 0.15) is 5.75 Å². The standard InChI is InChI=1S/C18H14Br2O/c1-10-3-6-12(7-4-10)15-13-8-5-11(2)9-14(13)18(21)17(20)16(15)19/h3-9,21H,1-2H3. The van der Waals surface area contributed by atoms with Crippen LogP contribution in [0.1, 0.15) is 11.1 Å². The number of aromatic hydroxyl groups is 1. The van der Waals surface area contributed by atoms with Gasteiger partial charge in [0.25, 0.3) is 0 Å². The van der Waals surface area contributed by atoms with Crippen LogP contribution in [0.25, 0.3) is 21.9 Å². The lowest BCUT2D eigenvalue weighted by Gasteiger charge is -2.14. The second-order valence-electron chi connectivity index (χ2n) is 5.27. The summed E-state index contributed by atoms with van der Waals surface area (Å²) in [6, 6.07) is 14.6. The maximum atomic E-state index is 10.4. The molecular formula is C18H14Br2O. The Labute approximate surface area is 140 Å². The second kappa shape index (κ2) is 5.47. The summed E-state index contributed by atoms with van der Waals surface area (Å²) < 4.78 is 1.57. The Morgan fingerprint density at radius 1 is 0.762 bits per heavy atom. The molecule has 0 heterocycles. The van der Waals surface area contributed by atoms with Crippen molar-refractivity contribution in [2.24, 2.45) is 0 Å². The number of fused-ring (bicyclic) bond motifs is 1. The third-order valence-corrected chi connectivity index (χ3v) is 5.76. The highest BCUT2D eigenvalue weighted by atomic mass is 79.9. The molecule has 106 valence electrons. The minimum Gasteiger partial charge on any atom is -0.506 e. The maximum Gasteiger partial charge on any atom is 0.138 e. The summed E-state index contributed by atoms with van der Waals surface area (Å²) in [6.45, 7) is 4.10. The SMILES string of the molecule is Cc1ccc(-c2c(Br)c(Br)c(O)c3cc(C)ccc23)cc1. The Hall–Kier alpha value is -1.32. The van der Waals surface area contributed by atoms with Crippen LogP contribution in [0.5, 0.6) is 5.75 Å². The molecule has 0 aliphatic carbocycles. The summed E-state index contributed by atoms with van der Waals surface area (Å²) in [5.41, 5.74) is 4.58. The van der Waals surface area contributed by atoms with Crippen molar-refractivity contribution in [3.05, 3.63) is 62.5 Å². The van der Waals surface area contributed by atoms with Gasteiger partial charge in [-0.25, -0.2) is 0 Å². The van der Waals surface area contributed by atoms with E-state index in [1.54, 1.807) is 0 Å². The summed E-state index contributed by atoms with van der Waals surface area (Å²) in [4.78, 5) is 0.